The van der Waals surface area contributed by atoms with Crippen LogP contribution in [0.15, 0.2) is 48.5 Å². The molecule has 5 heteroatoms. The van der Waals surface area contributed by atoms with E-state index in [1.807, 2.05) is 12.1 Å². The topological polar surface area (TPSA) is 12.0 Å². The molecule has 2 unspecified atom stereocenters. The highest BCUT2D eigenvalue weighted by Gasteiger charge is 2.37. The summed E-state index contributed by atoms with van der Waals surface area (Å²) in [6.45, 7) is 0.775. The summed E-state index contributed by atoms with van der Waals surface area (Å²) < 4.78 is 37.8. The maximum absolute atomic E-state index is 12.6. The second-order valence-corrected chi connectivity index (χ2v) is 5.91. The van der Waals surface area contributed by atoms with Crippen LogP contribution in [0, 0.1) is 5.92 Å². The fraction of sp³-hybridized carbons (Fsp3) is 0.294. The molecular formula is C17H15ClF3N. The molecule has 0 spiro atoms. The lowest BCUT2D eigenvalue weighted by Crippen LogP contribution is -2.04. The SMILES string of the molecule is FC(F)(F)c1ccc(-c2cccc(C3CC3CNCl)c2)cc1. The van der Waals surface area contributed by atoms with Gasteiger partial charge in [-0.25, -0.2) is 4.84 Å². The summed E-state index contributed by atoms with van der Waals surface area (Å²) in [7, 11) is 0. The number of alkyl halides is 3. The molecule has 3 rings (SSSR count). The zero-order valence-electron chi connectivity index (χ0n) is 11.7. The van der Waals surface area contributed by atoms with Gasteiger partial charge in [-0.3, -0.25) is 0 Å². The highest BCUT2D eigenvalue weighted by Crippen LogP contribution is 2.47. The van der Waals surface area contributed by atoms with Gasteiger partial charge < -0.3 is 0 Å². The van der Waals surface area contributed by atoms with Crippen LogP contribution in [0.3, 0.4) is 0 Å². The third-order valence-corrected chi connectivity index (χ3v) is 4.28. The van der Waals surface area contributed by atoms with Gasteiger partial charge in [0.1, 0.15) is 0 Å². The van der Waals surface area contributed by atoms with E-state index in [-0.39, 0.29) is 0 Å². The van der Waals surface area contributed by atoms with Crippen LogP contribution < -0.4 is 4.84 Å². The molecule has 1 N–H and O–H groups in total. The second kappa shape index (κ2) is 5.94. The van der Waals surface area contributed by atoms with Gasteiger partial charge in [0.2, 0.25) is 0 Å². The van der Waals surface area contributed by atoms with E-state index in [9.17, 15) is 13.2 Å². The van der Waals surface area contributed by atoms with Crippen LogP contribution in [0.25, 0.3) is 11.1 Å². The van der Waals surface area contributed by atoms with Crippen LogP contribution in [-0.2, 0) is 6.18 Å². The average Bonchev–Trinajstić information content (AvgIpc) is 3.26. The summed E-state index contributed by atoms with van der Waals surface area (Å²) in [5.74, 6) is 1.03. The first-order chi connectivity index (χ1) is 10.5. The lowest BCUT2D eigenvalue weighted by molar-refractivity contribution is -0.137. The first-order valence-corrected chi connectivity index (χ1v) is 7.48. The van der Waals surface area contributed by atoms with E-state index in [0.29, 0.717) is 11.8 Å². The van der Waals surface area contributed by atoms with Gasteiger partial charge in [-0.1, -0.05) is 36.4 Å². The highest BCUT2D eigenvalue weighted by atomic mass is 35.5. The molecule has 1 saturated carbocycles. The van der Waals surface area contributed by atoms with Crippen LogP contribution in [0.5, 0.6) is 0 Å². The predicted octanol–water partition coefficient (Wildman–Crippen LogP) is 5.22. The maximum Gasteiger partial charge on any atom is 0.416 e. The van der Waals surface area contributed by atoms with E-state index in [1.54, 1.807) is 0 Å². The second-order valence-electron chi connectivity index (χ2n) is 5.64. The van der Waals surface area contributed by atoms with Gasteiger partial charge in [0, 0.05) is 6.54 Å². The molecule has 0 saturated heterocycles. The van der Waals surface area contributed by atoms with Gasteiger partial charge in [0.25, 0.3) is 0 Å². The minimum absolute atomic E-state index is 0.487. The van der Waals surface area contributed by atoms with Gasteiger partial charge in [-0.15, -0.1) is 0 Å². The molecule has 1 nitrogen and oxygen atoms in total. The molecule has 2 aromatic rings. The summed E-state index contributed by atoms with van der Waals surface area (Å²) >= 11 is 5.53. The fourth-order valence-corrected chi connectivity index (χ4v) is 2.98. The van der Waals surface area contributed by atoms with Crippen molar-refractivity contribution in [2.45, 2.75) is 18.5 Å². The average molecular weight is 326 g/mol. The van der Waals surface area contributed by atoms with E-state index >= 15 is 0 Å². The minimum atomic E-state index is -4.30. The summed E-state index contributed by atoms with van der Waals surface area (Å²) in [5, 5.41) is 0. The fourth-order valence-electron chi connectivity index (χ4n) is 2.78. The first kappa shape index (κ1) is 15.4. The van der Waals surface area contributed by atoms with Gasteiger partial charge in [0.05, 0.1) is 5.56 Å². The van der Waals surface area contributed by atoms with E-state index < -0.39 is 11.7 Å². The monoisotopic (exact) mass is 325 g/mol. The Morgan fingerprint density at radius 3 is 2.41 bits per heavy atom. The van der Waals surface area contributed by atoms with Crippen LogP contribution >= 0.6 is 11.8 Å². The molecule has 0 heterocycles. The standard InChI is InChI=1S/C17H15ClF3N/c18-22-10-14-9-16(14)13-3-1-2-12(8-13)11-4-6-15(7-5-11)17(19,20)21/h1-8,14,16,22H,9-10H2. The number of hydrogen-bond donors (Lipinski definition) is 1. The third-order valence-electron chi connectivity index (χ3n) is 4.12. The molecule has 0 aliphatic heterocycles. The molecule has 116 valence electrons. The predicted molar refractivity (Wildman–Crippen MR) is 81.6 cm³/mol. The Hall–Kier alpha value is -1.52. The molecule has 0 amide bonds. The maximum atomic E-state index is 12.6. The Bertz CT molecular complexity index is 652. The Morgan fingerprint density at radius 1 is 1.05 bits per heavy atom. The normalized spacial score (nSPS) is 20.9. The van der Waals surface area contributed by atoms with E-state index in [4.69, 9.17) is 11.8 Å². The Kier molecular flexibility index (Phi) is 4.15. The summed E-state index contributed by atoms with van der Waals surface area (Å²) in [6.07, 6.45) is -3.20. The molecule has 2 atom stereocenters. The van der Waals surface area contributed by atoms with Gasteiger partial charge >= 0.3 is 6.18 Å². The Balaban J connectivity index is 1.81. The number of hydrogen-bond acceptors (Lipinski definition) is 1. The van der Waals surface area contributed by atoms with Crippen LogP contribution in [0.4, 0.5) is 13.2 Å². The Morgan fingerprint density at radius 2 is 1.77 bits per heavy atom. The van der Waals surface area contributed by atoms with Crippen molar-refractivity contribution in [3.63, 3.8) is 0 Å². The lowest BCUT2D eigenvalue weighted by atomic mass is 9.99. The minimum Gasteiger partial charge on any atom is -0.233 e. The van der Waals surface area contributed by atoms with Gasteiger partial charge in [-0.2, -0.15) is 13.2 Å². The molecule has 1 aliphatic rings. The quantitative estimate of drug-likeness (QED) is 0.760. The smallest absolute Gasteiger partial charge is 0.233 e. The first-order valence-electron chi connectivity index (χ1n) is 7.10. The third kappa shape index (κ3) is 3.28. The van der Waals surface area contributed by atoms with Crippen LogP contribution in [0.2, 0.25) is 0 Å². The summed E-state index contributed by atoms with van der Waals surface area (Å²) in [6, 6.07) is 13.3. The highest BCUT2D eigenvalue weighted by molar-refractivity contribution is 6.13. The zero-order chi connectivity index (χ0) is 15.7. The molecule has 1 fully saturated rings. The van der Waals surface area contributed by atoms with Crippen LogP contribution in [-0.4, -0.2) is 6.54 Å². The van der Waals surface area contributed by atoms with Crippen molar-refractivity contribution >= 4 is 11.8 Å². The largest absolute Gasteiger partial charge is 0.416 e. The van der Waals surface area contributed by atoms with Crippen molar-refractivity contribution in [2.75, 3.05) is 6.54 Å². The van der Waals surface area contributed by atoms with Crippen molar-refractivity contribution in [2.24, 2.45) is 5.92 Å². The molecule has 22 heavy (non-hydrogen) atoms. The summed E-state index contributed by atoms with van der Waals surface area (Å²) in [5.41, 5.74) is 2.33. The van der Waals surface area contributed by atoms with Crippen molar-refractivity contribution in [1.82, 2.24) is 4.84 Å². The van der Waals surface area contributed by atoms with Crippen molar-refractivity contribution < 1.29 is 13.2 Å². The molecular weight excluding hydrogens is 311 g/mol. The number of halogens is 4. The number of rotatable bonds is 4. The summed E-state index contributed by atoms with van der Waals surface area (Å²) in [4.78, 5) is 2.66. The van der Waals surface area contributed by atoms with Crippen molar-refractivity contribution in [1.29, 1.82) is 0 Å². The van der Waals surface area contributed by atoms with E-state index in [1.165, 1.54) is 17.7 Å². The molecule has 0 bridgehead atoms. The molecule has 0 aromatic heterocycles. The van der Waals surface area contributed by atoms with Crippen LogP contribution in [0.1, 0.15) is 23.5 Å². The zero-order valence-corrected chi connectivity index (χ0v) is 12.5. The van der Waals surface area contributed by atoms with E-state index in [2.05, 4.69) is 17.0 Å². The van der Waals surface area contributed by atoms with Crippen molar-refractivity contribution in [3.05, 3.63) is 59.7 Å². The van der Waals surface area contributed by atoms with Gasteiger partial charge in [0.15, 0.2) is 0 Å². The molecule has 1 aliphatic carbocycles. The van der Waals surface area contributed by atoms with Crippen molar-refractivity contribution in [3.8, 4) is 11.1 Å². The Labute approximate surface area is 132 Å². The number of benzene rings is 2. The molecule has 2 aromatic carbocycles. The number of nitrogens with one attached hydrogen (secondary N) is 1. The lowest BCUT2D eigenvalue weighted by Gasteiger charge is -2.09. The van der Waals surface area contributed by atoms with Gasteiger partial charge in [-0.05, 0) is 58.9 Å². The van der Waals surface area contributed by atoms with E-state index in [0.717, 1.165) is 36.2 Å². The molecule has 0 radical (unpaired) electrons.